The quantitative estimate of drug-likeness (QED) is 0.165. The van der Waals surface area contributed by atoms with Gasteiger partial charge < -0.3 is 0 Å². The molecule has 0 bridgehead atoms. The zero-order valence-corrected chi connectivity index (χ0v) is 41.6. The fraction of sp³-hybridized carbons (Fsp3) is 0.111. The minimum atomic E-state index is -0.0415. The predicted molar refractivity (Wildman–Crippen MR) is 312 cm³/mol. The first-order valence-corrected chi connectivity index (χ1v) is 25.8. The van der Waals surface area contributed by atoms with Crippen LogP contribution in [-0.4, -0.2) is 0 Å². The molecule has 340 valence electrons. The molecule has 0 saturated carbocycles. The molecule has 72 heavy (non-hydrogen) atoms. The molecule has 1 aliphatic rings. The molecule has 0 saturated heterocycles. The Hall–Kier alpha value is -8.32. The second-order valence-electron chi connectivity index (χ2n) is 22.7. The van der Waals surface area contributed by atoms with E-state index < -0.39 is 0 Å². The van der Waals surface area contributed by atoms with Crippen molar-refractivity contribution in [3.05, 3.63) is 217 Å². The molecule has 0 amide bonds. The van der Waals surface area contributed by atoms with Crippen molar-refractivity contribution in [3.8, 4) is 66.8 Å². The molecular weight excluding hydrogens is 865 g/mol. The summed E-state index contributed by atoms with van der Waals surface area (Å²) in [5.74, 6) is 0. The maximum atomic E-state index is 2.59. The average Bonchev–Trinajstić information content (AvgIpc) is 4.02. The van der Waals surface area contributed by atoms with Gasteiger partial charge in [0, 0.05) is 0 Å². The Kier molecular flexibility index (Phi) is 8.42. The highest BCUT2D eigenvalue weighted by Crippen LogP contribution is 2.61. The summed E-state index contributed by atoms with van der Waals surface area (Å²) in [6.07, 6.45) is 0. The van der Waals surface area contributed by atoms with E-state index in [1.165, 1.54) is 164 Å². The lowest BCUT2D eigenvalue weighted by molar-refractivity contribution is 0.590. The molecule has 0 aliphatic heterocycles. The van der Waals surface area contributed by atoms with Crippen molar-refractivity contribution < 1.29 is 0 Å². The predicted octanol–water partition coefficient (Wildman–Crippen LogP) is 20.7. The summed E-state index contributed by atoms with van der Waals surface area (Å²) < 4.78 is 0. The standard InChI is InChI=1S/C72H52/c1-71(2,3)46-35-45-36-47(72(4,5)6)38-59-60(45)58(37-46)69-63(43-25-15-9-16-26-43)56-39-54-50-31-33-52-66-53(34-32-51(65(50)66)55(54)40-57(56)64(70(59)69)44-27-17-10-18-28-44)68-62(42-23-13-8-14-24-42)49-30-20-19-29-48(49)61(67(52)68)41-21-11-7-12-22-41/h7-40H,1-6H3. The third-order valence-electron chi connectivity index (χ3n) is 16.5. The normalized spacial score (nSPS) is 12.9. The molecule has 1 aliphatic carbocycles. The van der Waals surface area contributed by atoms with Gasteiger partial charge in [0.05, 0.1) is 0 Å². The van der Waals surface area contributed by atoms with E-state index >= 15 is 0 Å². The van der Waals surface area contributed by atoms with Gasteiger partial charge in [-0.1, -0.05) is 224 Å². The first kappa shape index (κ1) is 41.5. The van der Waals surface area contributed by atoms with Crippen molar-refractivity contribution >= 4 is 86.2 Å². The monoisotopic (exact) mass is 916 g/mol. The molecule has 0 heteroatoms. The van der Waals surface area contributed by atoms with E-state index in [9.17, 15) is 0 Å². The van der Waals surface area contributed by atoms with Crippen LogP contribution < -0.4 is 0 Å². The second-order valence-corrected chi connectivity index (χ2v) is 22.7. The summed E-state index contributed by atoms with van der Waals surface area (Å²) in [6, 6.07) is 78.9. The number of hydrogen-bond donors (Lipinski definition) is 0. The average molecular weight is 917 g/mol. The van der Waals surface area contributed by atoms with Crippen molar-refractivity contribution in [2.24, 2.45) is 0 Å². The smallest absolute Gasteiger partial charge is 0.000731 e. The molecule has 15 rings (SSSR count). The fourth-order valence-corrected chi connectivity index (χ4v) is 13.3. The molecule has 0 radical (unpaired) electrons. The van der Waals surface area contributed by atoms with E-state index in [1.54, 1.807) is 0 Å². The van der Waals surface area contributed by atoms with Crippen LogP contribution >= 0.6 is 0 Å². The zero-order valence-electron chi connectivity index (χ0n) is 41.6. The van der Waals surface area contributed by atoms with Crippen molar-refractivity contribution in [3.63, 3.8) is 0 Å². The molecule has 0 spiro atoms. The van der Waals surface area contributed by atoms with Gasteiger partial charge in [0.15, 0.2) is 0 Å². The third kappa shape index (κ3) is 5.64. The molecule has 0 aromatic heterocycles. The van der Waals surface area contributed by atoms with Gasteiger partial charge in [-0.15, -0.1) is 0 Å². The Morgan fingerprint density at radius 2 is 0.583 bits per heavy atom. The lowest BCUT2D eigenvalue weighted by Gasteiger charge is -2.22. The van der Waals surface area contributed by atoms with E-state index in [4.69, 9.17) is 0 Å². The first-order chi connectivity index (χ1) is 35.0. The highest BCUT2D eigenvalue weighted by molar-refractivity contribution is 6.43. The molecule has 0 unspecified atom stereocenters. The van der Waals surface area contributed by atoms with Gasteiger partial charge in [-0.2, -0.15) is 0 Å². The first-order valence-electron chi connectivity index (χ1n) is 25.8. The summed E-state index contributed by atoms with van der Waals surface area (Å²) in [4.78, 5) is 0. The van der Waals surface area contributed by atoms with E-state index in [0.29, 0.717) is 0 Å². The van der Waals surface area contributed by atoms with Crippen LogP contribution in [-0.2, 0) is 10.8 Å². The van der Waals surface area contributed by atoms with Gasteiger partial charge in [-0.05, 0) is 199 Å². The minimum absolute atomic E-state index is 0.0415. The topological polar surface area (TPSA) is 0 Å². The Bertz CT molecular complexity index is 4280. The lowest BCUT2D eigenvalue weighted by Crippen LogP contribution is -2.12. The maximum Gasteiger partial charge on any atom is -0.000731 e. The number of hydrogen-bond acceptors (Lipinski definition) is 0. The van der Waals surface area contributed by atoms with Gasteiger partial charge in [0.2, 0.25) is 0 Å². The molecule has 0 nitrogen and oxygen atoms in total. The molecule has 0 fully saturated rings. The van der Waals surface area contributed by atoms with E-state index in [2.05, 4.69) is 248 Å². The summed E-state index contributed by atoms with van der Waals surface area (Å²) >= 11 is 0. The number of rotatable bonds is 4. The maximum absolute atomic E-state index is 2.59. The molecule has 0 atom stereocenters. The Balaban J connectivity index is 1.14. The lowest BCUT2D eigenvalue weighted by atomic mass is 9.82. The van der Waals surface area contributed by atoms with Crippen LogP contribution in [0.5, 0.6) is 0 Å². The van der Waals surface area contributed by atoms with Crippen LogP contribution in [0.3, 0.4) is 0 Å². The Labute approximate surface area is 420 Å². The highest BCUT2D eigenvalue weighted by atomic mass is 14.4. The van der Waals surface area contributed by atoms with Crippen molar-refractivity contribution in [2.75, 3.05) is 0 Å². The minimum Gasteiger partial charge on any atom is -0.0622 e. The molecule has 14 aromatic carbocycles. The zero-order chi connectivity index (χ0) is 48.4. The largest absolute Gasteiger partial charge is 0.0622 e. The van der Waals surface area contributed by atoms with Crippen LogP contribution in [0.1, 0.15) is 52.7 Å². The summed E-state index contributed by atoms with van der Waals surface area (Å²) in [7, 11) is 0. The third-order valence-corrected chi connectivity index (χ3v) is 16.5. The van der Waals surface area contributed by atoms with Gasteiger partial charge in [0.1, 0.15) is 0 Å². The van der Waals surface area contributed by atoms with Crippen LogP contribution in [0, 0.1) is 0 Å². The Morgan fingerprint density at radius 1 is 0.222 bits per heavy atom. The van der Waals surface area contributed by atoms with E-state index in [1.807, 2.05) is 0 Å². The van der Waals surface area contributed by atoms with Gasteiger partial charge in [0.25, 0.3) is 0 Å². The van der Waals surface area contributed by atoms with E-state index in [0.717, 1.165) is 0 Å². The van der Waals surface area contributed by atoms with Gasteiger partial charge in [-0.25, -0.2) is 0 Å². The molecule has 0 N–H and O–H groups in total. The van der Waals surface area contributed by atoms with Gasteiger partial charge >= 0.3 is 0 Å². The summed E-state index contributed by atoms with van der Waals surface area (Å²) in [5.41, 5.74) is 18.2. The highest BCUT2D eigenvalue weighted by Gasteiger charge is 2.33. The van der Waals surface area contributed by atoms with Crippen LogP contribution in [0.4, 0.5) is 0 Å². The van der Waals surface area contributed by atoms with Crippen molar-refractivity contribution in [1.29, 1.82) is 0 Å². The number of fused-ring (bicyclic) bond motifs is 11. The van der Waals surface area contributed by atoms with Crippen LogP contribution in [0.15, 0.2) is 206 Å². The van der Waals surface area contributed by atoms with E-state index in [-0.39, 0.29) is 10.8 Å². The molecule has 0 heterocycles. The number of benzene rings is 12. The molecular formula is C72H52. The summed E-state index contributed by atoms with van der Waals surface area (Å²) in [6.45, 7) is 14.2. The van der Waals surface area contributed by atoms with Crippen LogP contribution in [0.25, 0.3) is 153 Å². The van der Waals surface area contributed by atoms with Crippen molar-refractivity contribution in [2.45, 2.75) is 52.4 Å². The fourth-order valence-electron chi connectivity index (χ4n) is 13.3. The second kappa shape index (κ2) is 14.6. The van der Waals surface area contributed by atoms with Crippen molar-refractivity contribution in [1.82, 2.24) is 0 Å². The van der Waals surface area contributed by atoms with Crippen LogP contribution in [0.2, 0.25) is 0 Å². The Morgan fingerprint density at radius 3 is 0.958 bits per heavy atom. The van der Waals surface area contributed by atoms with Gasteiger partial charge in [-0.3, -0.25) is 0 Å². The molecule has 14 aromatic rings. The SMILES string of the molecule is CC(C)(C)c1cc2cc(C(C)(C)C)cc3c4c(-c5ccccc5)c5cc6c(cc5c(-c5ccccc5)c4c(c1)c23)c1ccc2c3c(ccc6c31)-c1c-2c(-c2ccccc2)c2ccccc2c1-c1ccccc1. The summed E-state index contributed by atoms with van der Waals surface area (Å²) in [5, 5.41) is 21.2.